The molecule has 22 heavy (non-hydrogen) atoms. The first kappa shape index (κ1) is 15.2. The molecule has 0 radical (unpaired) electrons. The zero-order valence-electron chi connectivity index (χ0n) is 11.5. The fraction of sp³-hybridized carbons (Fsp3) is 0.357. The van der Waals surface area contributed by atoms with Crippen molar-refractivity contribution in [3.8, 4) is 6.01 Å². The molecule has 0 spiro atoms. The summed E-state index contributed by atoms with van der Waals surface area (Å²) in [5, 5.41) is 0. The molecule has 0 N–H and O–H groups in total. The summed E-state index contributed by atoms with van der Waals surface area (Å²) in [6.07, 6.45) is 3.55. The van der Waals surface area contributed by atoms with Gasteiger partial charge in [-0.25, -0.2) is 14.4 Å². The van der Waals surface area contributed by atoms with E-state index in [2.05, 4.69) is 9.97 Å². The van der Waals surface area contributed by atoms with Gasteiger partial charge >= 0.3 is 6.01 Å². The third kappa shape index (κ3) is 3.53. The highest BCUT2D eigenvalue weighted by Crippen LogP contribution is 2.24. The van der Waals surface area contributed by atoms with Crippen molar-refractivity contribution in [2.24, 2.45) is 0 Å². The van der Waals surface area contributed by atoms with Crippen molar-refractivity contribution in [3.63, 3.8) is 0 Å². The topological polar surface area (TPSA) is 55.3 Å². The van der Waals surface area contributed by atoms with Crippen LogP contribution in [0.2, 0.25) is 4.34 Å². The molecular formula is C14H13ClFN3O2S. The predicted molar refractivity (Wildman–Crippen MR) is 80.9 cm³/mol. The molecule has 1 aliphatic rings. The van der Waals surface area contributed by atoms with E-state index in [1.165, 1.54) is 11.3 Å². The van der Waals surface area contributed by atoms with Gasteiger partial charge in [0.2, 0.25) is 0 Å². The van der Waals surface area contributed by atoms with E-state index in [1.807, 2.05) is 0 Å². The second-order valence-electron chi connectivity index (χ2n) is 4.92. The summed E-state index contributed by atoms with van der Waals surface area (Å²) < 4.78 is 19.0. The van der Waals surface area contributed by atoms with Gasteiger partial charge in [-0.3, -0.25) is 4.79 Å². The third-order valence-corrected chi connectivity index (χ3v) is 4.54. The van der Waals surface area contributed by atoms with Crippen LogP contribution in [0.4, 0.5) is 4.39 Å². The first-order valence-corrected chi connectivity index (χ1v) is 8.00. The Kier molecular flexibility index (Phi) is 4.54. The van der Waals surface area contributed by atoms with Crippen LogP contribution >= 0.6 is 22.9 Å². The fourth-order valence-corrected chi connectivity index (χ4v) is 3.33. The van der Waals surface area contributed by atoms with E-state index in [0.29, 0.717) is 22.3 Å². The third-order valence-electron chi connectivity index (χ3n) is 3.32. The Hall–Kier alpha value is -1.73. The lowest BCUT2D eigenvalue weighted by atomic mass is 10.1. The minimum absolute atomic E-state index is 0.0507. The first-order chi connectivity index (χ1) is 10.6. The fourth-order valence-electron chi connectivity index (χ4n) is 2.31. The predicted octanol–water partition coefficient (Wildman–Crippen LogP) is 3.01. The van der Waals surface area contributed by atoms with E-state index in [-0.39, 0.29) is 18.0 Å². The Morgan fingerprint density at radius 1 is 1.41 bits per heavy atom. The lowest BCUT2D eigenvalue weighted by Crippen LogP contribution is -2.44. The molecule has 3 rings (SSSR count). The van der Waals surface area contributed by atoms with Gasteiger partial charge in [-0.1, -0.05) is 11.6 Å². The van der Waals surface area contributed by atoms with Crippen LogP contribution in [-0.4, -0.2) is 40.0 Å². The van der Waals surface area contributed by atoms with E-state index >= 15 is 0 Å². The molecule has 1 amide bonds. The zero-order chi connectivity index (χ0) is 15.5. The van der Waals surface area contributed by atoms with Crippen molar-refractivity contribution in [1.82, 2.24) is 14.9 Å². The Morgan fingerprint density at radius 3 is 2.86 bits per heavy atom. The molecule has 0 bridgehead atoms. The number of ether oxygens (including phenoxy) is 1. The molecule has 3 heterocycles. The number of carbonyl (C=O) groups excluding carboxylic acids is 1. The van der Waals surface area contributed by atoms with Crippen LogP contribution in [0.5, 0.6) is 6.01 Å². The van der Waals surface area contributed by atoms with Crippen LogP contribution in [-0.2, 0) is 0 Å². The van der Waals surface area contributed by atoms with Gasteiger partial charge in [0.15, 0.2) is 5.82 Å². The minimum Gasteiger partial charge on any atom is -0.458 e. The number of hydrogen-bond acceptors (Lipinski definition) is 5. The number of hydrogen-bond donors (Lipinski definition) is 0. The summed E-state index contributed by atoms with van der Waals surface area (Å²) >= 11 is 7.13. The van der Waals surface area contributed by atoms with Gasteiger partial charge in [0.1, 0.15) is 6.10 Å². The molecule has 1 fully saturated rings. The smallest absolute Gasteiger partial charge is 0.316 e. The maximum absolute atomic E-state index is 12.8. The van der Waals surface area contributed by atoms with E-state index < -0.39 is 5.82 Å². The van der Waals surface area contributed by atoms with E-state index in [0.717, 1.165) is 25.2 Å². The zero-order valence-corrected chi connectivity index (χ0v) is 13.1. The molecule has 5 nitrogen and oxygen atoms in total. The monoisotopic (exact) mass is 341 g/mol. The van der Waals surface area contributed by atoms with Gasteiger partial charge < -0.3 is 9.64 Å². The van der Waals surface area contributed by atoms with Crippen molar-refractivity contribution in [3.05, 3.63) is 39.6 Å². The second kappa shape index (κ2) is 6.58. The molecule has 2 aromatic heterocycles. The van der Waals surface area contributed by atoms with Gasteiger partial charge in [-0.2, -0.15) is 0 Å². The lowest BCUT2D eigenvalue weighted by Gasteiger charge is -2.32. The van der Waals surface area contributed by atoms with Crippen molar-refractivity contribution < 1.29 is 13.9 Å². The number of aromatic nitrogens is 2. The van der Waals surface area contributed by atoms with Gasteiger partial charge in [0.25, 0.3) is 5.91 Å². The largest absolute Gasteiger partial charge is 0.458 e. The molecule has 0 aromatic carbocycles. The molecule has 1 saturated heterocycles. The summed E-state index contributed by atoms with van der Waals surface area (Å²) in [5.74, 6) is -0.562. The maximum atomic E-state index is 12.8. The standard InChI is InChI=1S/C14H13ClFN3O2S/c15-12-4-3-11(22-12)13(20)19-5-1-2-10(8-19)21-14-17-6-9(16)7-18-14/h3-4,6-7,10H,1-2,5,8H2/t10-/m1/s1. The maximum Gasteiger partial charge on any atom is 0.316 e. The number of rotatable bonds is 3. The SMILES string of the molecule is O=C(c1ccc(Cl)s1)N1CCC[C@@H](Oc2ncc(F)cn2)C1. The number of amides is 1. The normalized spacial score (nSPS) is 18.3. The van der Waals surface area contributed by atoms with E-state index in [9.17, 15) is 9.18 Å². The van der Waals surface area contributed by atoms with Gasteiger partial charge in [-0.15, -0.1) is 11.3 Å². The summed E-state index contributed by atoms with van der Waals surface area (Å²) in [4.78, 5) is 22.3. The van der Waals surface area contributed by atoms with Crippen molar-refractivity contribution in [1.29, 1.82) is 0 Å². The van der Waals surface area contributed by atoms with Crippen molar-refractivity contribution in [2.45, 2.75) is 18.9 Å². The molecule has 1 aliphatic heterocycles. The van der Waals surface area contributed by atoms with Gasteiger partial charge in [0, 0.05) is 6.54 Å². The number of piperidine rings is 1. The van der Waals surface area contributed by atoms with Crippen molar-refractivity contribution >= 4 is 28.8 Å². The Bertz CT molecular complexity index is 664. The minimum atomic E-state index is -0.512. The van der Waals surface area contributed by atoms with Crippen LogP contribution in [0.15, 0.2) is 24.5 Å². The van der Waals surface area contributed by atoms with Crippen LogP contribution in [0, 0.1) is 5.82 Å². The Balaban J connectivity index is 1.63. The van der Waals surface area contributed by atoms with Crippen LogP contribution < -0.4 is 4.74 Å². The molecule has 0 saturated carbocycles. The number of halogens is 2. The first-order valence-electron chi connectivity index (χ1n) is 6.80. The average Bonchev–Trinajstić information content (AvgIpc) is 2.96. The summed E-state index contributed by atoms with van der Waals surface area (Å²) in [6.45, 7) is 1.13. The number of likely N-dealkylation sites (tertiary alicyclic amines) is 1. The van der Waals surface area contributed by atoms with Crippen molar-refractivity contribution in [2.75, 3.05) is 13.1 Å². The van der Waals surface area contributed by atoms with Gasteiger partial charge in [-0.05, 0) is 25.0 Å². The molecule has 2 aromatic rings. The molecular weight excluding hydrogens is 329 g/mol. The Labute approximate surface area is 135 Å². The second-order valence-corrected chi connectivity index (χ2v) is 6.64. The molecule has 116 valence electrons. The highest BCUT2D eigenvalue weighted by molar-refractivity contribution is 7.17. The Morgan fingerprint density at radius 2 is 2.18 bits per heavy atom. The molecule has 0 aliphatic carbocycles. The number of carbonyl (C=O) groups is 1. The highest BCUT2D eigenvalue weighted by Gasteiger charge is 2.27. The summed E-state index contributed by atoms with van der Waals surface area (Å²) in [5.41, 5.74) is 0. The summed E-state index contributed by atoms with van der Waals surface area (Å²) in [7, 11) is 0. The van der Waals surface area contributed by atoms with Crippen LogP contribution in [0.25, 0.3) is 0 Å². The van der Waals surface area contributed by atoms with E-state index in [1.54, 1.807) is 17.0 Å². The number of thiophene rings is 1. The van der Waals surface area contributed by atoms with Gasteiger partial charge in [0.05, 0.1) is 28.2 Å². The van der Waals surface area contributed by atoms with E-state index in [4.69, 9.17) is 16.3 Å². The lowest BCUT2D eigenvalue weighted by molar-refractivity contribution is 0.0519. The molecule has 8 heteroatoms. The quantitative estimate of drug-likeness (QED) is 0.861. The molecule has 0 unspecified atom stereocenters. The summed E-state index contributed by atoms with van der Waals surface area (Å²) in [6, 6.07) is 3.56. The molecule has 1 atom stereocenters. The number of nitrogens with zero attached hydrogens (tertiary/aromatic N) is 3. The van der Waals surface area contributed by atoms with Crippen LogP contribution in [0.3, 0.4) is 0 Å². The highest BCUT2D eigenvalue weighted by atomic mass is 35.5. The van der Waals surface area contributed by atoms with Crippen LogP contribution in [0.1, 0.15) is 22.5 Å². The average molecular weight is 342 g/mol.